The fourth-order valence-corrected chi connectivity index (χ4v) is 4.18. The average Bonchev–Trinajstić information content (AvgIpc) is 3.03. The number of benzene rings is 2. The molecule has 2 atom stereocenters. The third-order valence-electron chi connectivity index (χ3n) is 6.05. The van der Waals surface area contributed by atoms with Gasteiger partial charge in [-0.25, -0.2) is 0 Å². The maximum absolute atomic E-state index is 6.29. The van der Waals surface area contributed by atoms with Gasteiger partial charge in [-0.3, -0.25) is 0 Å². The highest BCUT2D eigenvalue weighted by Gasteiger charge is 2.52. The number of fused-ring (bicyclic) bond motifs is 1. The van der Waals surface area contributed by atoms with E-state index in [2.05, 4.69) is 97.5 Å². The lowest BCUT2D eigenvalue weighted by Gasteiger charge is -2.32. The maximum atomic E-state index is 6.29. The SMILES string of the molecule is CC1(C)OB(C[C@@H]2c3ccccc3N[C@@H]2c2ccc(Br)cc2)OC1(C)C. The lowest BCUT2D eigenvalue weighted by Crippen LogP contribution is -2.41. The van der Waals surface area contributed by atoms with Crippen molar-refractivity contribution in [2.75, 3.05) is 5.32 Å². The van der Waals surface area contributed by atoms with Crippen molar-refractivity contribution in [3.63, 3.8) is 0 Å². The van der Waals surface area contributed by atoms with Gasteiger partial charge >= 0.3 is 7.12 Å². The van der Waals surface area contributed by atoms with Crippen molar-refractivity contribution in [3.8, 4) is 0 Å². The molecule has 2 aliphatic rings. The van der Waals surface area contributed by atoms with Crippen LogP contribution in [0.2, 0.25) is 6.32 Å². The van der Waals surface area contributed by atoms with Crippen LogP contribution in [0.5, 0.6) is 0 Å². The summed E-state index contributed by atoms with van der Waals surface area (Å²) in [5.41, 5.74) is 3.25. The molecule has 2 aromatic carbocycles. The minimum Gasteiger partial charge on any atom is -0.403 e. The Balaban J connectivity index is 1.63. The van der Waals surface area contributed by atoms with Crippen LogP contribution in [0.4, 0.5) is 5.69 Å². The predicted octanol–water partition coefficient (Wildman–Crippen LogP) is 5.79. The maximum Gasteiger partial charge on any atom is 0.458 e. The minimum absolute atomic E-state index is 0.198. The molecule has 26 heavy (non-hydrogen) atoms. The van der Waals surface area contributed by atoms with E-state index in [4.69, 9.17) is 9.31 Å². The summed E-state index contributed by atoms with van der Waals surface area (Å²) >= 11 is 3.53. The van der Waals surface area contributed by atoms with Crippen molar-refractivity contribution in [1.82, 2.24) is 0 Å². The van der Waals surface area contributed by atoms with Gasteiger partial charge in [-0.15, -0.1) is 0 Å². The van der Waals surface area contributed by atoms with Crippen LogP contribution in [0.15, 0.2) is 53.0 Å². The highest BCUT2D eigenvalue weighted by Crippen LogP contribution is 2.49. The smallest absolute Gasteiger partial charge is 0.403 e. The van der Waals surface area contributed by atoms with E-state index in [0.717, 1.165) is 10.8 Å². The molecule has 1 N–H and O–H groups in total. The van der Waals surface area contributed by atoms with Crippen molar-refractivity contribution in [2.24, 2.45) is 0 Å². The molecule has 2 heterocycles. The van der Waals surface area contributed by atoms with Gasteiger partial charge in [-0.05, 0) is 63.3 Å². The van der Waals surface area contributed by atoms with E-state index in [1.54, 1.807) is 0 Å². The highest BCUT2D eigenvalue weighted by molar-refractivity contribution is 9.10. The molecule has 2 aromatic rings. The molecule has 0 unspecified atom stereocenters. The summed E-state index contributed by atoms with van der Waals surface area (Å²) in [6, 6.07) is 17.4. The van der Waals surface area contributed by atoms with Gasteiger partial charge in [0, 0.05) is 16.1 Å². The predicted molar refractivity (Wildman–Crippen MR) is 111 cm³/mol. The first kappa shape index (κ1) is 18.1. The van der Waals surface area contributed by atoms with Gasteiger partial charge in [-0.1, -0.05) is 46.3 Å². The third kappa shape index (κ3) is 3.10. The molecule has 0 radical (unpaired) electrons. The number of rotatable bonds is 3. The molecule has 1 saturated heterocycles. The Bertz CT molecular complexity index is 790. The molecule has 0 aromatic heterocycles. The third-order valence-corrected chi connectivity index (χ3v) is 6.58. The zero-order valence-corrected chi connectivity index (χ0v) is 17.3. The molecular formula is C21H25BBrNO2. The molecule has 0 saturated carbocycles. The summed E-state index contributed by atoms with van der Waals surface area (Å²) in [4.78, 5) is 0. The number of hydrogen-bond acceptors (Lipinski definition) is 3. The van der Waals surface area contributed by atoms with Crippen LogP contribution in [-0.4, -0.2) is 18.3 Å². The second-order valence-corrected chi connectivity index (χ2v) is 9.20. The second kappa shape index (κ2) is 6.40. The van der Waals surface area contributed by atoms with Crippen molar-refractivity contribution < 1.29 is 9.31 Å². The van der Waals surface area contributed by atoms with Crippen molar-refractivity contribution in [3.05, 3.63) is 64.1 Å². The highest BCUT2D eigenvalue weighted by atomic mass is 79.9. The zero-order valence-electron chi connectivity index (χ0n) is 15.8. The largest absolute Gasteiger partial charge is 0.458 e. The number of para-hydroxylation sites is 1. The summed E-state index contributed by atoms with van der Waals surface area (Å²) in [7, 11) is -0.198. The number of nitrogens with one attached hydrogen (secondary N) is 1. The van der Waals surface area contributed by atoms with Gasteiger partial charge in [0.25, 0.3) is 0 Å². The molecule has 0 aliphatic carbocycles. The number of anilines is 1. The molecule has 0 bridgehead atoms. The summed E-state index contributed by atoms with van der Waals surface area (Å²) in [6.45, 7) is 8.44. The molecule has 4 rings (SSSR count). The van der Waals surface area contributed by atoms with Gasteiger partial charge in [0.05, 0.1) is 17.2 Å². The van der Waals surface area contributed by atoms with E-state index < -0.39 is 0 Å². The molecule has 2 aliphatic heterocycles. The van der Waals surface area contributed by atoms with Crippen LogP contribution < -0.4 is 5.32 Å². The fraction of sp³-hybridized carbons (Fsp3) is 0.429. The number of hydrogen-bond donors (Lipinski definition) is 1. The van der Waals surface area contributed by atoms with Gasteiger partial charge in [0.1, 0.15) is 0 Å². The van der Waals surface area contributed by atoms with E-state index in [9.17, 15) is 0 Å². The van der Waals surface area contributed by atoms with Crippen LogP contribution >= 0.6 is 15.9 Å². The van der Waals surface area contributed by atoms with Crippen LogP contribution in [0.3, 0.4) is 0 Å². The van der Waals surface area contributed by atoms with Gasteiger partial charge < -0.3 is 14.6 Å². The normalized spacial score (nSPS) is 25.8. The van der Waals surface area contributed by atoms with Gasteiger partial charge in [-0.2, -0.15) is 0 Å². The molecule has 136 valence electrons. The molecule has 1 fully saturated rings. The molecule has 5 heteroatoms. The summed E-state index contributed by atoms with van der Waals surface area (Å²) in [5.74, 6) is 0.307. The quantitative estimate of drug-likeness (QED) is 0.645. The van der Waals surface area contributed by atoms with E-state index in [1.807, 2.05) is 0 Å². The summed E-state index contributed by atoms with van der Waals surface area (Å²) < 4.78 is 13.7. The Kier molecular flexibility index (Phi) is 4.45. The Morgan fingerprint density at radius 3 is 2.23 bits per heavy atom. The van der Waals surface area contributed by atoms with Crippen LogP contribution in [0, 0.1) is 0 Å². The van der Waals surface area contributed by atoms with E-state index >= 15 is 0 Å². The Morgan fingerprint density at radius 1 is 0.962 bits per heavy atom. The fourth-order valence-electron chi connectivity index (χ4n) is 3.92. The van der Waals surface area contributed by atoms with E-state index in [0.29, 0.717) is 5.92 Å². The lowest BCUT2D eigenvalue weighted by atomic mass is 9.72. The van der Waals surface area contributed by atoms with Gasteiger partial charge in [0.15, 0.2) is 0 Å². The molecular weight excluding hydrogens is 389 g/mol. The van der Waals surface area contributed by atoms with Crippen LogP contribution in [0.25, 0.3) is 0 Å². The van der Waals surface area contributed by atoms with E-state index in [1.165, 1.54) is 16.8 Å². The topological polar surface area (TPSA) is 30.5 Å². The second-order valence-electron chi connectivity index (χ2n) is 8.29. The van der Waals surface area contributed by atoms with Crippen molar-refractivity contribution >= 4 is 28.7 Å². The summed E-state index contributed by atoms with van der Waals surface area (Å²) in [5, 5.41) is 3.71. The zero-order chi connectivity index (χ0) is 18.5. The van der Waals surface area contributed by atoms with Crippen molar-refractivity contribution in [1.29, 1.82) is 0 Å². The van der Waals surface area contributed by atoms with Gasteiger partial charge in [0.2, 0.25) is 0 Å². The monoisotopic (exact) mass is 413 g/mol. The first-order valence-corrected chi connectivity index (χ1v) is 10.0. The lowest BCUT2D eigenvalue weighted by molar-refractivity contribution is 0.00578. The minimum atomic E-state index is -0.295. The molecule has 0 spiro atoms. The van der Waals surface area contributed by atoms with Crippen LogP contribution in [-0.2, 0) is 9.31 Å². The Morgan fingerprint density at radius 2 is 1.58 bits per heavy atom. The standard InChI is InChI=1S/C21H25BBrNO2/c1-20(2)21(3,4)26-22(25-20)13-17-16-7-5-6-8-18(16)24-19(17)14-9-11-15(23)12-10-14/h5-12,17,19,24H,13H2,1-4H3/t17-,19-/m1/s1. The summed E-state index contributed by atoms with van der Waals surface area (Å²) in [6.07, 6.45) is 0.831. The van der Waals surface area contributed by atoms with Crippen molar-refractivity contribution in [2.45, 2.75) is 57.2 Å². The number of halogens is 1. The van der Waals surface area contributed by atoms with Crippen LogP contribution in [0.1, 0.15) is 50.8 Å². The Hall–Kier alpha value is -1.30. The Labute approximate surface area is 164 Å². The molecule has 3 nitrogen and oxygen atoms in total. The average molecular weight is 414 g/mol. The van der Waals surface area contributed by atoms with E-state index in [-0.39, 0.29) is 24.4 Å². The first-order valence-electron chi connectivity index (χ1n) is 9.23. The first-order chi connectivity index (χ1) is 12.3. The molecule has 0 amide bonds.